The van der Waals surface area contributed by atoms with Gasteiger partial charge in [-0.3, -0.25) is 10.1 Å². The monoisotopic (exact) mass is 508 g/mol. The van der Waals surface area contributed by atoms with E-state index < -0.39 is 4.92 Å². The van der Waals surface area contributed by atoms with Crippen LogP contribution in [0.15, 0.2) is 82.2 Å². The van der Waals surface area contributed by atoms with E-state index in [9.17, 15) is 10.1 Å². The third-order valence-corrected chi connectivity index (χ3v) is 6.97. The summed E-state index contributed by atoms with van der Waals surface area (Å²) in [6.45, 7) is 0. The molecule has 0 atom stereocenters. The predicted octanol–water partition coefficient (Wildman–Crippen LogP) is 7.25. The standard InChI is InChI=1S/C25H18Cl2N4O2S/c26-17-12-13-20(27)19(14-17)24-15-34-25(28-22-9-3-4-11-23(22)31(32)33)30(24)29-21-10-5-7-16-6-1-2-8-18(16)21/h1-4,6,8-9,11-15H,5,7,10H2. The molecule has 0 saturated carbocycles. The Morgan fingerprint density at radius 2 is 1.76 bits per heavy atom. The van der Waals surface area contributed by atoms with Crippen LogP contribution in [-0.4, -0.2) is 15.3 Å². The Kier molecular flexibility index (Phi) is 6.32. The van der Waals surface area contributed by atoms with Gasteiger partial charge in [-0.1, -0.05) is 59.6 Å². The normalized spacial score (nSPS) is 14.9. The summed E-state index contributed by atoms with van der Waals surface area (Å²) in [7, 11) is 0. The molecule has 0 aliphatic heterocycles. The van der Waals surface area contributed by atoms with Gasteiger partial charge in [0.05, 0.1) is 21.4 Å². The fraction of sp³-hybridized carbons (Fsp3) is 0.120. The van der Waals surface area contributed by atoms with Crippen molar-refractivity contribution in [1.29, 1.82) is 0 Å². The number of hydrogen-bond acceptors (Lipinski definition) is 5. The number of fused-ring (bicyclic) bond motifs is 1. The Bertz CT molecular complexity index is 1510. The maximum absolute atomic E-state index is 11.5. The SMILES string of the molecule is O=[N+]([O-])c1ccccc1N=c1scc(-c2cc(Cl)ccc2Cl)n1N=C1CCCc2ccccc21. The van der Waals surface area contributed by atoms with Gasteiger partial charge >= 0.3 is 0 Å². The van der Waals surface area contributed by atoms with Crippen LogP contribution < -0.4 is 4.80 Å². The number of para-hydroxylation sites is 2. The van der Waals surface area contributed by atoms with E-state index in [-0.39, 0.29) is 11.4 Å². The van der Waals surface area contributed by atoms with E-state index in [1.54, 1.807) is 41.1 Å². The second-order valence-electron chi connectivity index (χ2n) is 7.75. The minimum Gasteiger partial charge on any atom is -0.258 e. The Balaban J connectivity index is 1.77. The second-order valence-corrected chi connectivity index (χ2v) is 9.43. The molecule has 0 fully saturated rings. The summed E-state index contributed by atoms with van der Waals surface area (Å²) in [5.41, 5.74) is 4.91. The van der Waals surface area contributed by atoms with Crippen molar-refractivity contribution in [2.75, 3.05) is 0 Å². The van der Waals surface area contributed by atoms with Gasteiger partial charge in [-0.05, 0) is 49.1 Å². The third kappa shape index (κ3) is 4.42. The number of nitro groups is 1. The fourth-order valence-electron chi connectivity index (χ4n) is 3.99. The van der Waals surface area contributed by atoms with Crippen LogP contribution in [0, 0.1) is 10.1 Å². The first-order valence-electron chi connectivity index (χ1n) is 10.6. The molecule has 0 spiro atoms. The first-order valence-corrected chi connectivity index (χ1v) is 12.2. The Morgan fingerprint density at radius 1 is 0.971 bits per heavy atom. The van der Waals surface area contributed by atoms with Crippen LogP contribution in [0.25, 0.3) is 11.3 Å². The van der Waals surface area contributed by atoms with Crippen LogP contribution in [-0.2, 0) is 6.42 Å². The van der Waals surface area contributed by atoms with E-state index in [4.69, 9.17) is 28.3 Å². The number of aryl methyl sites for hydroxylation is 1. The molecular weight excluding hydrogens is 491 g/mol. The zero-order valence-electron chi connectivity index (χ0n) is 17.8. The van der Waals surface area contributed by atoms with Crippen LogP contribution in [0.1, 0.15) is 24.0 Å². The van der Waals surface area contributed by atoms with Gasteiger partial charge in [0.15, 0.2) is 0 Å². The summed E-state index contributed by atoms with van der Waals surface area (Å²) < 4.78 is 1.72. The lowest BCUT2D eigenvalue weighted by Crippen LogP contribution is -2.18. The van der Waals surface area contributed by atoms with Gasteiger partial charge in [0.25, 0.3) is 5.69 Å². The molecule has 0 bridgehead atoms. The number of thiazole rings is 1. The third-order valence-electron chi connectivity index (χ3n) is 5.59. The van der Waals surface area contributed by atoms with Crippen molar-refractivity contribution in [2.45, 2.75) is 19.3 Å². The minimum absolute atomic E-state index is 0.0690. The van der Waals surface area contributed by atoms with Gasteiger partial charge in [-0.25, -0.2) is 9.67 Å². The van der Waals surface area contributed by atoms with Crippen molar-refractivity contribution in [2.24, 2.45) is 10.1 Å². The van der Waals surface area contributed by atoms with Crippen molar-refractivity contribution < 1.29 is 4.92 Å². The smallest absolute Gasteiger partial charge is 0.258 e. The van der Waals surface area contributed by atoms with E-state index in [0.717, 1.165) is 30.5 Å². The number of hydrogen-bond donors (Lipinski definition) is 0. The van der Waals surface area contributed by atoms with Crippen molar-refractivity contribution in [3.05, 3.63) is 108 Å². The number of rotatable bonds is 4. The fourth-order valence-corrected chi connectivity index (χ4v) is 5.22. The molecule has 0 saturated heterocycles. The average Bonchev–Trinajstić information content (AvgIpc) is 3.23. The van der Waals surface area contributed by atoms with Gasteiger partial charge in [0.1, 0.15) is 5.69 Å². The molecule has 0 amide bonds. The molecule has 1 aliphatic rings. The maximum atomic E-state index is 11.5. The van der Waals surface area contributed by atoms with E-state index in [1.165, 1.54) is 23.0 Å². The van der Waals surface area contributed by atoms with Gasteiger partial charge in [0, 0.05) is 27.6 Å². The lowest BCUT2D eigenvalue weighted by molar-refractivity contribution is -0.384. The molecule has 1 heterocycles. The Hall–Kier alpha value is -3.26. The van der Waals surface area contributed by atoms with Crippen LogP contribution in [0.4, 0.5) is 11.4 Å². The predicted molar refractivity (Wildman–Crippen MR) is 137 cm³/mol. The number of nitro benzene ring substituents is 1. The van der Waals surface area contributed by atoms with E-state index in [2.05, 4.69) is 17.1 Å². The van der Waals surface area contributed by atoms with Gasteiger partial charge < -0.3 is 0 Å². The van der Waals surface area contributed by atoms with Crippen LogP contribution in [0.5, 0.6) is 0 Å². The maximum Gasteiger partial charge on any atom is 0.294 e. The molecule has 0 N–H and O–H groups in total. The first kappa shape index (κ1) is 22.5. The van der Waals surface area contributed by atoms with Crippen molar-refractivity contribution in [1.82, 2.24) is 4.68 Å². The molecule has 9 heteroatoms. The largest absolute Gasteiger partial charge is 0.294 e. The zero-order chi connectivity index (χ0) is 23.7. The average molecular weight is 509 g/mol. The number of nitrogens with zero attached hydrogens (tertiary/aromatic N) is 4. The summed E-state index contributed by atoms with van der Waals surface area (Å²) >= 11 is 14.1. The molecular formula is C25H18Cl2N4O2S. The molecule has 4 aromatic rings. The van der Waals surface area contributed by atoms with Gasteiger partial charge in [-0.2, -0.15) is 5.10 Å². The Morgan fingerprint density at radius 3 is 2.62 bits per heavy atom. The summed E-state index contributed by atoms with van der Waals surface area (Å²) in [6, 6.07) is 19.9. The highest BCUT2D eigenvalue weighted by molar-refractivity contribution is 7.07. The van der Waals surface area contributed by atoms with Crippen molar-refractivity contribution in [3.63, 3.8) is 0 Å². The van der Waals surface area contributed by atoms with E-state index in [0.29, 0.717) is 26.1 Å². The molecule has 34 heavy (non-hydrogen) atoms. The van der Waals surface area contributed by atoms with E-state index >= 15 is 0 Å². The van der Waals surface area contributed by atoms with E-state index in [1.807, 2.05) is 17.5 Å². The van der Waals surface area contributed by atoms with Crippen molar-refractivity contribution in [3.8, 4) is 11.3 Å². The molecule has 3 aromatic carbocycles. The summed E-state index contributed by atoms with van der Waals surface area (Å²) in [4.78, 5) is 16.2. The van der Waals surface area contributed by atoms with Crippen LogP contribution in [0.3, 0.4) is 0 Å². The van der Waals surface area contributed by atoms with Crippen molar-refractivity contribution >= 4 is 51.6 Å². The number of halogens is 2. The number of aromatic nitrogens is 1. The molecule has 1 aromatic heterocycles. The van der Waals surface area contributed by atoms with Gasteiger partial charge in [-0.15, -0.1) is 11.3 Å². The van der Waals surface area contributed by atoms with Gasteiger partial charge in [0.2, 0.25) is 4.80 Å². The summed E-state index contributed by atoms with van der Waals surface area (Å²) in [5.74, 6) is 0. The second kappa shape index (κ2) is 9.54. The molecule has 6 nitrogen and oxygen atoms in total. The molecule has 0 radical (unpaired) electrons. The van der Waals surface area contributed by atoms with Crippen LogP contribution >= 0.6 is 34.5 Å². The minimum atomic E-state index is -0.436. The first-order chi connectivity index (χ1) is 16.5. The lowest BCUT2D eigenvalue weighted by atomic mass is 9.90. The molecule has 170 valence electrons. The quantitative estimate of drug-likeness (QED) is 0.215. The Labute approximate surface area is 209 Å². The highest BCUT2D eigenvalue weighted by Gasteiger charge is 2.19. The molecule has 1 aliphatic carbocycles. The molecule has 5 rings (SSSR count). The topological polar surface area (TPSA) is 72.8 Å². The number of benzene rings is 3. The summed E-state index contributed by atoms with van der Waals surface area (Å²) in [6.07, 6.45) is 2.81. The zero-order valence-corrected chi connectivity index (χ0v) is 20.1. The molecule has 0 unspecified atom stereocenters. The highest BCUT2D eigenvalue weighted by Crippen LogP contribution is 2.32. The lowest BCUT2D eigenvalue weighted by Gasteiger charge is -2.18. The summed E-state index contributed by atoms with van der Waals surface area (Å²) in [5, 5.41) is 19.5. The highest BCUT2D eigenvalue weighted by atomic mass is 35.5. The van der Waals surface area contributed by atoms with Crippen LogP contribution in [0.2, 0.25) is 10.0 Å².